The number of methoxy groups -OCH3 is 1. The Morgan fingerprint density at radius 3 is 2.06 bits per heavy atom. The Bertz CT molecular complexity index is 2020. The number of rotatable bonds is 27. The van der Waals surface area contributed by atoms with Crippen LogP contribution in [0.1, 0.15) is 120 Å². The summed E-state index contributed by atoms with van der Waals surface area (Å²) in [5.41, 5.74) is 1.76. The molecule has 354 valence electrons. The molecule has 2 aromatic carbocycles. The maximum Gasteiger partial charge on any atom is 0.410 e. The predicted molar refractivity (Wildman–Crippen MR) is 248 cm³/mol. The Balaban J connectivity index is 0.995. The normalized spacial score (nSPS) is 14.1. The molecule has 4 aromatic rings. The van der Waals surface area contributed by atoms with E-state index in [1.165, 1.54) is 7.11 Å². The fourth-order valence-corrected chi connectivity index (χ4v) is 7.31. The average molecular weight is 900 g/mol. The smallest absolute Gasteiger partial charge is 0.410 e. The van der Waals surface area contributed by atoms with Crippen LogP contribution in [0.5, 0.6) is 5.75 Å². The molecule has 2 aromatic heterocycles. The minimum Gasteiger partial charge on any atom is -0.494 e. The standard InChI is InChI=1S/C49H69N7O9/c1-37(38-17-19-42(20-18-38)64-31-12-7-6-10-29-61-32-34-63-35-33-62-30-11-8-9-16-43(57)60-5)51-45(58)40-14-13-15-41(36-40)53-49(23-27-56(28-24-49)47(59)65-48(2,3)4)46-52-44(54-55-46)39-21-25-50-26-22-39/h13-15,17-22,25-26,36-37,53H,6-12,16,23-24,27-35H2,1-5H3,(H,51,58)(H,52,54,55). The minimum absolute atomic E-state index is 0.163. The molecule has 1 unspecified atom stereocenters. The van der Waals surface area contributed by atoms with Gasteiger partial charge in [0, 0.05) is 61.9 Å². The second-order valence-electron chi connectivity index (χ2n) is 17.3. The number of nitrogens with one attached hydrogen (secondary N) is 3. The molecule has 0 radical (unpaired) electrons. The van der Waals surface area contributed by atoms with Crippen LogP contribution in [0.4, 0.5) is 10.5 Å². The highest BCUT2D eigenvalue weighted by Crippen LogP contribution is 2.36. The number of carbonyl (C=O) groups excluding carboxylic acids is 3. The van der Waals surface area contributed by atoms with E-state index < -0.39 is 11.1 Å². The van der Waals surface area contributed by atoms with Crippen LogP contribution in [0, 0.1) is 0 Å². The van der Waals surface area contributed by atoms with Crippen molar-refractivity contribution in [2.45, 2.75) is 109 Å². The predicted octanol–water partition coefficient (Wildman–Crippen LogP) is 8.42. The number of likely N-dealkylation sites (tertiary alicyclic amines) is 1. The maximum atomic E-state index is 13.6. The topological polar surface area (TPSA) is 188 Å². The molecular weight excluding hydrogens is 831 g/mol. The van der Waals surface area contributed by atoms with Crippen LogP contribution in [0.2, 0.25) is 0 Å². The summed E-state index contributed by atoms with van der Waals surface area (Å²) in [5.74, 6) is 1.68. The highest BCUT2D eigenvalue weighted by molar-refractivity contribution is 5.95. The molecule has 16 heteroatoms. The number of carbonyl (C=O) groups is 3. The van der Waals surface area contributed by atoms with Gasteiger partial charge in [-0.1, -0.05) is 31.0 Å². The number of ether oxygens (including phenoxy) is 6. The number of hydrogen-bond donors (Lipinski definition) is 3. The number of H-pyrrole nitrogens is 1. The van der Waals surface area contributed by atoms with Gasteiger partial charge in [0.1, 0.15) is 16.9 Å². The SMILES string of the molecule is COC(=O)CCCCCOCCOCCOCCCCCCOc1ccc(C(C)NC(=O)c2cccc(NC3(c4nnc(-c5ccncc5)[nH]4)CCN(C(=O)OC(C)(C)C)CC3)c2)cc1. The molecule has 0 aliphatic carbocycles. The zero-order chi connectivity index (χ0) is 46.3. The molecule has 5 rings (SSSR count). The average Bonchev–Trinajstić information content (AvgIpc) is 3.81. The third-order valence-corrected chi connectivity index (χ3v) is 11.0. The largest absolute Gasteiger partial charge is 0.494 e. The van der Waals surface area contributed by atoms with Crippen molar-refractivity contribution in [1.29, 1.82) is 0 Å². The summed E-state index contributed by atoms with van der Waals surface area (Å²) in [6.45, 7) is 12.6. The van der Waals surface area contributed by atoms with Gasteiger partial charge in [0.15, 0.2) is 11.6 Å². The van der Waals surface area contributed by atoms with Gasteiger partial charge in [-0.15, -0.1) is 10.2 Å². The molecule has 1 fully saturated rings. The Kier molecular flexibility index (Phi) is 20.5. The first-order chi connectivity index (χ1) is 31.4. The molecule has 0 bridgehead atoms. The van der Waals surface area contributed by atoms with Gasteiger partial charge in [0.2, 0.25) is 0 Å². The number of amides is 2. The first-order valence-corrected chi connectivity index (χ1v) is 23.0. The van der Waals surface area contributed by atoms with Gasteiger partial charge in [0.25, 0.3) is 5.91 Å². The monoisotopic (exact) mass is 900 g/mol. The van der Waals surface area contributed by atoms with Crippen molar-refractivity contribution < 1.29 is 42.8 Å². The molecule has 1 saturated heterocycles. The molecular formula is C49H69N7O9. The Labute approximate surface area is 383 Å². The highest BCUT2D eigenvalue weighted by Gasteiger charge is 2.41. The van der Waals surface area contributed by atoms with Crippen LogP contribution in [-0.4, -0.2) is 115 Å². The van der Waals surface area contributed by atoms with Crippen molar-refractivity contribution in [2.75, 3.05) is 71.8 Å². The number of unbranched alkanes of at least 4 members (excludes halogenated alkanes) is 5. The van der Waals surface area contributed by atoms with E-state index in [4.69, 9.17) is 23.7 Å². The van der Waals surface area contributed by atoms with E-state index in [2.05, 4.69) is 35.5 Å². The van der Waals surface area contributed by atoms with Crippen molar-refractivity contribution >= 4 is 23.7 Å². The van der Waals surface area contributed by atoms with Crippen LogP contribution in [0.25, 0.3) is 11.4 Å². The lowest BCUT2D eigenvalue weighted by molar-refractivity contribution is -0.140. The number of hydrogen-bond acceptors (Lipinski definition) is 13. The number of aromatic amines is 1. The molecule has 3 heterocycles. The van der Waals surface area contributed by atoms with Crippen molar-refractivity contribution in [3.8, 4) is 17.1 Å². The van der Waals surface area contributed by atoms with Gasteiger partial charge >= 0.3 is 12.1 Å². The minimum atomic E-state index is -0.705. The van der Waals surface area contributed by atoms with Crippen molar-refractivity contribution in [2.24, 2.45) is 0 Å². The van der Waals surface area contributed by atoms with E-state index in [0.717, 1.165) is 67.5 Å². The van der Waals surface area contributed by atoms with Gasteiger partial charge in [-0.25, -0.2) is 4.79 Å². The van der Waals surface area contributed by atoms with E-state index in [1.54, 1.807) is 23.4 Å². The molecule has 2 amide bonds. The first-order valence-electron chi connectivity index (χ1n) is 23.0. The Morgan fingerprint density at radius 2 is 1.42 bits per heavy atom. The molecule has 65 heavy (non-hydrogen) atoms. The van der Waals surface area contributed by atoms with Gasteiger partial charge in [-0.3, -0.25) is 14.6 Å². The molecule has 16 nitrogen and oxygen atoms in total. The quantitative estimate of drug-likeness (QED) is 0.0383. The summed E-state index contributed by atoms with van der Waals surface area (Å²) in [6.07, 6.45) is 11.3. The number of piperidine rings is 1. The number of aromatic nitrogens is 4. The summed E-state index contributed by atoms with van der Waals surface area (Å²) in [6, 6.07) is 18.8. The van der Waals surface area contributed by atoms with Crippen molar-refractivity contribution in [3.63, 3.8) is 0 Å². The molecule has 0 saturated carbocycles. The fraction of sp³-hybridized carbons (Fsp3) is 0.551. The van der Waals surface area contributed by atoms with E-state index in [0.29, 0.717) is 95.8 Å². The fourth-order valence-electron chi connectivity index (χ4n) is 7.31. The summed E-state index contributed by atoms with van der Waals surface area (Å²) in [5, 5.41) is 15.9. The first kappa shape index (κ1) is 50.4. The molecule has 0 spiro atoms. The van der Waals surface area contributed by atoms with Crippen LogP contribution >= 0.6 is 0 Å². The van der Waals surface area contributed by atoms with Gasteiger partial charge < -0.3 is 48.9 Å². The summed E-state index contributed by atoms with van der Waals surface area (Å²) < 4.78 is 33.1. The van der Waals surface area contributed by atoms with Crippen molar-refractivity contribution in [1.82, 2.24) is 30.4 Å². The van der Waals surface area contributed by atoms with Gasteiger partial charge in [-0.05, 0) is 121 Å². The number of anilines is 1. The number of benzene rings is 2. The zero-order valence-corrected chi connectivity index (χ0v) is 38.9. The third-order valence-electron chi connectivity index (χ3n) is 11.0. The molecule has 1 aliphatic heterocycles. The molecule has 1 aliphatic rings. The van der Waals surface area contributed by atoms with Gasteiger partial charge in [-0.2, -0.15) is 0 Å². The number of pyridine rings is 1. The summed E-state index contributed by atoms with van der Waals surface area (Å²) in [7, 11) is 1.41. The van der Waals surface area contributed by atoms with E-state index in [9.17, 15) is 14.4 Å². The lowest BCUT2D eigenvalue weighted by Gasteiger charge is -2.41. The Hall–Kier alpha value is -5.58. The van der Waals surface area contributed by atoms with Crippen LogP contribution in [-0.2, 0) is 34.0 Å². The summed E-state index contributed by atoms with van der Waals surface area (Å²) in [4.78, 5) is 46.9. The lowest BCUT2D eigenvalue weighted by Crippen LogP contribution is -2.50. The molecule has 1 atom stereocenters. The van der Waals surface area contributed by atoms with Crippen molar-refractivity contribution in [3.05, 3.63) is 90.0 Å². The van der Waals surface area contributed by atoms with Crippen LogP contribution in [0.15, 0.2) is 73.1 Å². The van der Waals surface area contributed by atoms with Crippen LogP contribution < -0.4 is 15.4 Å². The van der Waals surface area contributed by atoms with E-state index in [1.807, 2.05) is 82.3 Å². The van der Waals surface area contributed by atoms with E-state index >= 15 is 0 Å². The second-order valence-corrected chi connectivity index (χ2v) is 17.3. The van der Waals surface area contributed by atoms with E-state index in [-0.39, 0.29) is 24.0 Å². The number of esters is 1. The zero-order valence-electron chi connectivity index (χ0n) is 38.9. The second kappa shape index (κ2) is 26.4. The lowest BCUT2D eigenvalue weighted by atomic mass is 9.86. The highest BCUT2D eigenvalue weighted by atomic mass is 16.6. The van der Waals surface area contributed by atoms with Crippen LogP contribution in [0.3, 0.4) is 0 Å². The van der Waals surface area contributed by atoms with Gasteiger partial charge in [0.05, 0.1) is 46.2 Å². The third kappa shape index (κ3) is 17.4. The Morgan fingerprint density at radius 1 is 0.785 bits per heavy atom. The molecule has 3 N–H and O–H groups in total. The summed E-state index contributed by atoms with van der Waals surface area (Å²) >= 11 is 0. The maximum absolute atomic E-state index is 13.6. The number of nitrogens with zero attached hydrogens (tertiary/aromatic N) is 4.